The number of rotatable bonds is 6. The van der Waals surface area contributed by atoms with Crippen molar-refractivity contribution in [2.24, 2.45) is 11.8 Å². The summed E-state index contributed by atoms with van der Waals surface area (Å²) in [6, 6.07) is 0. The molecule has 1 aliphatic carbocycles. The second kappa shape index (κ2) is 6.53. The summed E-state index contributed by atoms with van der Waals surface area (Å²) in [6.07, 6.45) is 7.58. The van der Waals surface area contributed by atoms with E-state index in [0.717, 1.165) is 25.7 Å². The summed E-state index contributed by atoms with van der Waals surface area (Å²) in [5, 5.41) is 19.8. The fourth-order valence-electron chi connectivity index (χ4n) is 3.14. The van der Waals surface area contributed by atoms with Crippen molar-refractivity contribution in [2.75, 3.05) is 0 Å². The van der Waals surface area contributed by atoms with E-state index in [4.69, 9.17) is 4.74 Å². The molecule has 1 aliphatic heterocycles. The van der Waals surface area contributed by atoms with E-state index in [1.165, 1.54) is 0 Å². The fourth-order valence-corrected chi connectivity index (χ4v) is 3.14. The van der Waals surface area contributed by atoms with Crippen molar-refractivity contribution in [1.82, 2.24) is 0 Å². The molecule has 1 saturated carbocycles. The first-order valence-electron chi connectivity index (χ1n) is 7.35. The summed E-state index contributed by atoms with van der Waals surface area (Å²) in [5.41, 5.74) is 0. The van der Waals surface area contributed by atoms with Crippen molar-refractivity contribution in [3.05, 3.63) is 12.2 Å². The van der Waals surface area contributed by atoms with Gasteiger partial charge >= 0.3 is 5.97 Å². The molecule has 2 aliphatic rings. The Bertz CT molecular complexity index is 339. The quantitative estimate of drug-likeness (QED) is 0.438. The van der Waals surface area contributed by atoms with Gasteiger partial charge in [-0.3, -0.25) is 4.79 Å². The fraction of sp³-hybridized carbons (Fsp3) is 0.800. The minimum Gasteiger partial charge on any atom is -0.462 e. The Kier molecular flexibility index (Phi) is 4.99. The maximum Gasteiger partial charge on any atom is 0.306 e. The van der Waals surface area contributed by atoms with Crippen molar-refractivity contribution in [2.45, 2.75) is 63.8 Å². The third kappa shape index (κ3) is 3.57. The third-order valence-corrected chi connectivity index (χ3v) is 4.23. The minimum absolute atomic E-state index is 0.0581. The molecular formula is C15H24O4. The maximum atomic E-state index is 11.2. The summed E-state index contributed by atoms with van der Waals surface area (Å²) < 4.78 is 5.18. The number of fused-ring (bicyclic) bond motifs is 1. The molecule has 4 nitrogen and oxygen atoms in total. The first-order valence-corrected chi connectivity index (χ1v) is 7.35. The zero-order valence-corrected chi connectivity index (χ0v) is 11.5. The topological polar surface area (TPSA) is 66.8 Å². The number of carbonyl (C=O) groups excluding carboxylic acids is 1. The lowest BCUT2D eigenvalue weighted by Crippen LogP contribution is -2.18. The molecule has 19 heavy (non-hydrogen) atoms. The average molecular weight is 268 g/mol. The lowest BCUT2D eigenvalue weighted by atomic mass is 9.91. The SMILES string of the molecule is CCCCC[C@H](O)/C=C/[C@H]1[C@H](O)CC2OC(=O)C[C@@H]21. The molecule has 4 heteroatoms. The van der Waals surface area contributed by atoms with Gasteiger partial charge in [0.2, 0.25) is 0 Å². The van der Waals surface area contributed by atoms with Gasteiger partial charge < -0.3 is 14.9 Å². The number of hydrogen-bond donors (Lipinski definition) is 2. The predicted molar refractivity (Wildman–Crippen MR) is 71.4 cm³/mol. The molecule has 1 heterocycles. The predicted octanol–water partition coefficient (Wildman–Crippen LogP) is 1.80. The molecule has 108 valence electrons. The van der Waals surface area contributed by atoms with Gasteiger partial charge in [0.15, 0.2) is 0 Å². The van der Waals surface area contributed by atoms with Gasteiger partial charge in [-0.05, 0) is 6.42 Å². The van der Waals surface area contributed by atoms with Gasteiger partial charge in [0.05, 0.1) is 18.6 Å². The standard InChI is InChI=1S/C15H24O4/c1-2-3-4-5-10(16)6-7-11-12-8-15(18)19-14(12)9-13(11)17/h6-7,10-14,16-17H,2-5,8-9H2,1H3/b7-6+/t10-,11+,12+,13+,14?/m0/s1. The summed E-state index contributed by atoms with van der Waals surface area (Å²) in [5.74, 6) is -0.136. The lowest BCUT2D eigenvalue weighted by molar-refractivity contribution is -0.141. The van der Waals surface area contributed by atoms with Crippen LogP contribution in [0.5, 0.6) is 0 Å². The van der Waals surface area contributed by atoms with Crippen molar-refractivity contribution < 1.29 is 19.7 Å². The van der Waals surface area contributed by atoms with Gasteiger partial charge in [0.1, 0.15) is 6.10 Å². The van der Waals surface area contributed by atoms with Gasteiger partial charge in [-0.1, -0.05) is 38.3 Å². The highest BCUT2D eigenvalue weighted by molar-refractivity contribution is 5.72. The molecule has 1 saturated heterocycles. The highest BCUT2D eigenvalue weighted by Gasteiger charge is 2.48. The van der Waals surface area contributed by atoms with E-state index in [0.29, 0.717) is 12.8 Å². The largest absolute Gasteiger partial charge is 0.462 e. The van der Waals surface area contributed by atoms with Gasteiger partial charge in [-0.25, -0.2) is 0 Å². The molecule has 2 N–H and O–H groups in total. The number of carbonyl (C=O) groups is 1. The minimum atomic E-state index is -0.456. The number of esters is 1. The Hall–Kier alpha value is -0.870. The first kappa shape index (κ1) is 14.5. The van der Waals surface area contributed by atoms with Crippen LogP contribution in [0.25, 0.3) is 0 Å². The van der Waals surface area contributed by atoms with Crippen LogP contribution in [0.15, 0.2) is 12.2 Å². The molecule has 5 atom stereocenters. The molecule has 2 rings (SSSR count). The van der Waals surface area contributed by atoms with Gasteiger partial charge in [-0.15, -0.1) is 0 Å². The van der Waals surface area contributed by atoms with E-state index in [1.807, 2.05) is 6.08 Å². The van der Waals surface area contributed by atoms with Crippen LogP contribution in [0.3, 0.4) is 0 Å². The Morgan fingerprint density at radius 1 is 1.47 bits per heavy atom. The number of unbranched alkanes of at least 4 members (excludes halogenated alkanes) is 2. The molecule has 0 radical (unpaired) electrons. The van der Waals surface area contributed by atoms with Crippen LogP contribution in [0, 0.1) is 11.8 Å². The van der Waals surface area contributed by atoms with E-state index in [-0.39, 0.29) is 23.9 Å². The molecule has 0 amide bonds. The monoisotopic (exact) mass is 268 g/mol. The second-order valence-corrected chi connectivity index (χ2v) is 5.72. The van der Waals surface area contributed by atoms with Crippen molar-refractivity contribution in [1.29, 1.82) is 0 Å². The smallest absolute Gasteiger partial charge is 0.306 e. The van der Waals surface area contributed by atoms with Crippen LogP contribution in [0.1, 0.15) is 45.4 Å². The van der Waals surface area contributed by atoms with Gasteiger partial charge in [-0.2, -0.15) is 0 Å². The summed E-state index contributed by atoms with van der Waals surface area (Å²) in [6.45, 7) is 2.13. The van der Waals surface area contributed by atoms with E-state index in [1.54, 1.807) is 6.08 Å². The summed E-state index contributed by atoms with van der Waals surface area (Å²) >= 11 is 0. The normalized spacial score (nSPS) is 35.6. The highest BCUT2D eigenvalue weighted by Crippen LogP contribution is 2.42. The van der Waals surface area contributed by atoms with Crippen LogP contribution >= 0.6 is 0 Å². The van der Waals surface area contributed by atoms with Gasteiger partial charge in [0.25, 0.3) is 0 Å². The lowest BCUT2D eigenvalue weighted by Gasteiger charge is -2.15. The van der Waals surface area contributed by atoms with E-state index >= 15 is 0 Å². The average Bonchev–Trinajstić information content (AvgIpc) is 2.82. The van der Waals surface area contributed by atoms with Crippen molar-refractivity contribution in [3.63, 3.8) is 0 Å². The molecule has 0 aromatic carbocycles. The molecule has 0 spiro atoms. The van der Waals surface area contributed by atoms with Gasteiger partial charge in [0, 0.05) is 18.3 Å². The Morgan fingerprint density at radius 3 is 3.00 bits per heavy atom. The van der Waals surface area contributed by atoms with E-state index in [2.05, 4.69) is 6.92 Å². The Labute approximate surface area is 114 Å². The van der Waals surface area contributed by atoms with Crippen molar-refractivity contribution >= 4 is 5.97 Å². The molecule has 0 aromatic heterocycles. The number of ether oxygens (including phenoxy) is 1. The number of aliphatic hydroxyl groups is 2. The van der Waals surface area contributed by atoms with Crippen LogP contribution in [0.2, 0.25) is 0 Å². The number of hydrogen-bond acceptors (Lipinski definition) is 4. The van der Waals surface area contributed by atoms with Crippen LogP contribution in [0.4, 0.5) is 0 Å². The molecule has 0 aromatic rings. The summed E-state index contributed by atoms with van der Waals surface area (Å²) in [7, 11) is 0. The molecule has 0 bridgehead atoms. The Morgan fingerprint density at radius 2 is 2.26 bits per heavy atom. The molecule has 2 fully saturated rings. The zero-order valence-electron chi connectivity index (χ0n) is 11.5. The summed E-state index contributed by atoms with van der Waals surface area (Å²) in [4.78, 5) is 11.2. The first-order chi connectivity index (χ1) is 9.11. The van der Waals surface area contributed by atoms with Crippen LogP contribution < -0.4 is 0 Å². The maximum absolute atomic E-state index is 11.2. The Balaban J connectivity index is 1.85. The molecule has 1 unspecified atom stereocenters. The van der Waals surface area contributed by atoms with Crippen LogP contribution in [-0.2, 0) is 9.53 Å². The zero-order chi connectivity index (χ0) is 13.8. The number of aliphatic hydroxyl groups excluding tert-OH is 2. The third-order valence-electron chi connectivity index (χ3n) is 4.23. The highest BCUT2D eigenvalue weighted by atomic mass is 16.6. The van der Waals surface area contributed by atoms with E-state index < -0.39 is 12.2 Å². The molecular weight excluding hydrogens is 244 g/mol. The van der Waals surface area contributed by atoms with E-state index in [9.17, 15) is 15.0 Å². The van der Waals surface area contributed by atoms with Crippen LogP contribution in [-0.4, -0.2) is 34.5 Å². The van der Waals surface area contributed by atoms with Crippen molar-refractivity contribution in [3.8, 4) is 0 Å². The second-order valence-electron chi connectivity index (χ2n) is 5.72.